The van der Waals surface area contributed by atoms with E-state index in [1.54, 1.807) is 24.4 Å². The molecule has 1 N–H and O–H groups in total. The van der Waals surface area contributed by atoms with Crippen LogP contribution in [0.2, 0.25) is 0 Å². The van der Waals surface area contributed by atoms with Gasteiger partial charge in [0.2, 0.25) is 5.69 Å². The van der Waals surface area contributed by atoms with Crippen LogP contribution in [0, 0.1) is 5.82 Å². The molecule has 0 saturated carbocycles. The maximum atomic E-state index is 13.1. The van der Waals surface area contributed by atoms with Crippen LogP contribution >= 0.6 is 0 Å². The zero-order valence-electron chi connectivity index (χ0n) is 8.17. The molecule has 16 heavy (non-hydrogen) atoms. The molecule has 82 valence electrons. The highest BCUT2D eigenvalue weighted by atomic mass is 19.1. The largest absolute Gasteiger partial charge is 0.476 e. The minimum absolute atomic E-state index is 0.241. The zero-order chi connectivity index (χ0) is 11.5. The van der Waals surface area contributed by atoms with E-state index < -0.39 is 17.5 Å². The first-order chi connectivity index (χ1) is 7.66. The van der Waals surface area contributed by atoms with Crippen LogP contribution in [0.5, 0.6) is 0 Å². The van der Waals surface area contributed by atoms with E-state index in [2.05, 4.69) is 10.1 Å². The van der Waals surface area contributed by atoms with Gasteiger partial charge in [-0.1, -0.05) is 6.07 Å². The van der Waals surface area contributed by atoms with Crippen LogP contribution in [0.25, 0.3) is 0 Å². The van der Waals surface area contributed by atoms with E-state index in [1.165, 1.54) is 4.68 Å². The minimum atomic E-state index is -1.38. The number of hydrogen-bond donors (Lipinski definition) is 1. The molecule has 6 heteroatoms. The summed E-state index contributed by atoms with van der Waals surface area (Å²) in [6, 6.07) is 5.30. The second kappa shape index (κ2) is 4.09. The van der Waals surface area contributed by atoms with Crippen molar-refractivity contribution in [1.29, 1.82) is 0 Å². The van der Waals surface area contributed by atoms with Crippen molar-refractivity contribution in [1.82, 2.24) is 14.8 Å². The number of aromatic carboxylic acids is 1. The zero-order valence-corrected chi connectivity index (χ0v) is 8.17. The second-order valence-corrected chi connectivity index (χ2v) is 3.15. The van der Waals surface area contributed by atoms with Crippen molar-refractivity contribution < 1.29 is 14.3 Å². The molecule has 0 radical (unpaired) electrons. The average Bonchev–Trinajstić information content (AvgIpc) is 2.61. The number of hydrogen-bond acceptors (Lipinski definition) is 3. The number of nitrogens with zero attached hydrogens (tertiary/aromatic N) is 3. The third-order valence-corrected chi connectivity index (χ3v) is 1.97. The van der Waals surface area contributed by atoms with Crippen LogP contribution in [-0.2, 0) is 6.54 Å². The SMILES string of the molecule is O=C(O)c1nn(Cc2ccccn2)cc1F. The van der Waals surface area contributed by atoms with Gasteiger partial charge in [0.15, 0.2) is 5.82 Å². The molecule has 0 aromatic carbocycles. The summed E-state index contributed by atoms with van der Waals surface area (Å²) in [6.45, 7) is 0.241. The fraction of sp³-hybridized carbons (Fsp3) is 0.100. The Kier molecular flexibility index (Phi) is 2.63. The first-order valence-electron chi connectivity index (χ1n) is 4.53. The molecule has 0 unspecified atom stereocenters. The lowest BCUT2D eigenvalue weighted by Crippen LogP contribution is -2.05. The van der Waals surface area contributed by atoms with E-state index in [0.717, 1.165) is 6.20 Å². The first kappa shape index (κ1) is 10.3. The molecule has 0 amide bonds. The van der Waals surface area contributed by atoms with Gasteiger partial charge in [-0.05, 0) is 12.1 Å². The lowest BCUT2D eigenvalue weighted by molar-refractivity contribution is 0.0684. The summed E-state index contributed by atoms with van der Waals surface area (Å²) >= 11 is 0. The van der Waals surface area contributed by atoms with Gasteiger partial charge in [0.25, 0.3) is 0 Å². The molecule has 0 aliphatic rings. The number of rotatable bonds is 3. The summed E-state index contributed by atoms with van der Waals surface area (Å²) in [7, 11) is 0. The molecular formula is C10H8FN3O2. The lowest BCUT2D eigenvalue weighted by atomic mass is 10.3. The van der Waals surface area contributed by atoms with Crippen LogP contribution in [0.15, 0.2) is 30.6 Å². The lowest BCUT2D eigenvalue weighted by Gasteiger charge is -1.99. The number of aromatic nitrogens is 3. The highest BCUT2D eigenvalue weighted by Crippen LogP contribution is 2.06. The van der Waals surface area contributed by atoms with Crippen molar-refractivity contribution >= 4 is 5.97 Å². The normalized spacial score (nSPS) is 10.3. The van der Waals surface area contributed by atoms with Crippen molar-refractivity contribution in [2.75, 3.05) is 0 Å². The van der Waals surface area contributed by atoms with Gasteiger partial charge in [-0.15, -0.1) is 0 Å². The summed E-state index contributed by atoms with van der Waals surface area (Å²) in [5.41, 5.74) is 0.109. The van der Waals surface area contributed by atoms with Gasteiger partial charge in [0.05, 0.1) is 18.4 Å². The number of carboxylic acid groups (broad SMARTS) is 1. The number of pyridine rings is 1. The third-order valence-electron chi connectivity index (χ3n) is 1.97. The third kappa shape index (κ3) is 2.05. The molecule has 0 atom stereocenters. The fourth-order valence-electron chi connectivity index (χ4n) is 1.28. The van der Waals surface area contributed by atoms with E-state index in [9.17, 15) is 9.18 Å². The molecule has 5 nitrogen and oxygen atoms in total. The first-order valence-corrected chi connectivity index (χ1v) is 4.53. The minimum Gasteiger partial charge on any atom is -0.476 e. The van der Waals surface area contributed by atoms with Crippen molar-refractivity contribution in [3.63, 3.8) is 0 Å². The number of carbonyl (C=O) groups is 1. The molecule has 0 saturated heterocycles. The standard InChI is InChI=1S/C10H8FN3O2/c11-8-6-14(13-9(8)10(15)16)5-7-3-1-2-4-12-7/h1-4,6H,5H2,(H,15,16). The summed E-state index contributed by atoms with van der Waals surface area (Å²) in [4.78, 5) is 14.6. The van der Waals surface area contributed by atoms with Crippen LogP contribution in [0.3, 0.4) is 0 Å². The van der Waals surface area contributed by atoms with Crippen molar-refractivity contribution in [2.24, 2.45) is 0 Å². The monoisotopic (exact) mass is 221 g/mol. The van der Waals surface area contributed by atoms with Crippen molar-refractivity contribution in [3.8, 4) is 0 Å². The fourth-order valence-corrected chi connectivity index (χ4v) is 1.28. The van der Waals surface area contributed by atoms with Crippen molar-refractivity contribution in [2.45, 2.75) is 6.54 Å². The molecule has 0 aliphatic heterocycles. The summed E-state index contributed by atoms with van der Waals surface area (Å²) in [5, 5.41) is 12.2. The molecule has 2 heterocycles. The van der Waals surface area contributed by atoms with Gasteiger partial charge in [-0.25, -0.2) is 9.18 Å². The summed E-state index contributed by atoms with van der Waals surface area (Å²) in [5.74, 6) is -2.22. The topological polar surface area (TPSA) is 68.0 Å². The van der Waals surface area contributed by atoms with E-state index in [-0.39, 0.29) is 6.54 Å². The molecule has 0 bridgehead atoms. The Hall–Kier alpha value is -2.24. The number of carboxylic acids is 1. The Bertz CT molecular complexity index is 510. The van der Waals surface area contributed by atoms with Gasteiger partial charge >= 0.3 is 5.97 Å². The maximum absolute atomic E-state index is 13.1. The molecule has 0 spiro atoms. The number of halogens is 1. The van der Waals surface area contributed by atoms with E-state index in [4.69, 9.17) is 5.11 Å². The van der Waals surface area contributed by atoms with Crippen LogP contribution in [-0.4, -0.2) is 25.8 Å². The van der Waals surface area contributed by atoms with E-state index >= 15 is 0 Å². The van der Waals surface area contributed by atoms with Crippen LogP contribution < -0.4 is 0 Å². The van der Waals surface area contributed by atoms with Gasteiger partial charge in [-0.2, -0.15) is 5.10 Å². The Morgan fingerprint density at radius 1 is 1.50 bits per heavy atom. The van der Waals surface area contributed by atoms with E-state index in [1.807, 2.05) is 0 Å². The Balaban J connectivity index is 2.23. The predicted octanol–water partition coefficient (Wildman–Crippen LogP) is 1.16. The molecule has 0 fully saturated rings. The van der Waals surface area contributed by atoms with Gasteiger partial charge < -0.3 is 5.11 Å². The summed E-state index contributed by atoms with van der Waals surface area (Å²) in [6.07, 6.45) is 2.64. The Labute approximate surface area is 90.2 Å². The second-order valence-electron chi connectivity index (χ2n) is 3.15. The molecule has 2 rings (SSSR count). The Morgan fingerprint density at radius 3 is 2.88 bits per heavy atom. The average molecular weight is 221 g/mol. The predicted molar refractivity (Wildman–Crippen MR) is 52.5 cm³/mol. The highest BCUT2D eigenvalue weighted by Gasteiger charge is 2.15. The quantitative estimate of drug-likeness (QED) is 0.844. The smallest absolute Gasteiger partial charge is 0.359 e. The van der Waals surface area contributed by atoms with Gasteiger partial charge in [0.1, 0.15) is 0 Å². The van der Waals surface area contributed by atoms with Gasteiger partial charge in [-0.3, -0.25) is 9.67 Å². The molecule has 0 aliphatic carbocycles. The van der Waals surface area contributed by atoms with Crippen molar-refractivity contribution in [3.05, 3.63) is 47.8 Å². The van der Waals surface area contributed by atoms with Crippen LogP contribution in [0.4, 0.5) is 4.39 Å². The molecular weight excluding hydrogens is 213 g/mol. The summed E-state index contributed by atoms with van der Waals surface area (Å²) < 4.78 is 14.3. The molecule has 2 aromatic rings. The van der Waals surface area contributed by atoms with E-state index in [0.29, 0.717) is 5.69 Å². The Morgan fingerprint density at radius 2 is 2.31 bits per heavy atom. The highest BCUT2D eigenvalue weighted by molar-refractivity contribution is 5.85. The van der Waals surface area contributed by atoms with Gasteiger partial charge in [0, 0.05) is 6.20 Å². The maximum Gasteiger partial charge on any atom is 0.359 e. The molecule has 2 aromatic heterocycles. The van der Waals surface area contributed by atoms with Crippen LogP contribution in [0.1, 0.15) is 16.2 Å².